The summed E-state index contributed by atoms with van der Waals surface area (Å²) in [7, 11) is 2.20. The van der Waals surface area contributed by atoms with Crippen molar-refractivity contribution in [2.24, 2.45) is 11.8 Å². The van der Waals surface area contributed by atoms with E-state index in [1.807, 2.05) is 11.8 Å². The molecule has 4 unspecified atom stereocenters. The van der Waals surface area contributed by atoms with E-state index in [1.54, 1.807) is 0 Å². The summed E-state index contributed by atoms with van der Waals surface area (Å²) in [5.74, 6) is 2.22. The van der Waals surface area contributed by atoms with E-state index in [9.17, 15) is 5.26 Å². The lowest BCUT2D eigenvalue weighted by molar-refractivity contribution is 0.100. The lowest BCUT2D eigenvalue weighted by Crippen LogP contribution is -2.46. The van der Waals surface area contributed by atoms with Gasteiger partial charge in [-0.05, 0) is 45.4 Å². The normalized spacial score (nSPS) is 31.2. The third-order valence-corrected chi connectivity index (χ3v) is 5.11. The highest BCUT2D eigenvalue weighted by molar-refractivity contribution is 7.98. The smallest absolute Gasteiger partial charge is 0.0672 e. The van der Waals surface area contributed by atoms with E-state index in [0.717, 1.165) is 18.1 Å². The average molecular weight is 254 g/mol. The second-order valence-corrected chi connectivity index (χ2v) is 6.27. The average Bonchev–Trinajstić information content (AvgIpc) is 2.37. The molecular weight excluding hydrogens is 228 g/mol. The molecule has 1 rings (SSSR count). The van der Waals surface area contributed by atoms with Crippen LogP contribution in [0.1, 0.15) is 39.5 Å². The van der Waals surface area contributed by atoms with Crippen molar-refractivity contribution in [2.45, 2.75) is 51.6 Å². The highest BCUT2D eigenvalue weighted by Crippen LogP contribution is 2.34. The molecule has 0 amide bonds. The van der Waals surface area contributed by atoms with Gasteiger partial charge in [-0.3, -0.25) is 4.90 Å². The van der Waals surface area contributed by atoms with Gasteiger partial charge in [0.15, 0.2) is 0 Å². The predicted octanol–water partition coefficient (Wildman–Crippen LogP) is 3.39. The Morgan fingerprint density at radius 2 is 2.18 bits per heavy atom. The van der Waals surface area contributed by atoms with Crippen LogP contribution in [0.4, 0.5) is 0 Å². The van der Waals surface area contributed by atoms with Gasteiger partial charge in [-0.25, -0.2) is 0 Å². The zero-order chi connectivity index (χ0) is 12.8. The van der Waals surface area contributed by atoms with Crippen LogP contribution in [0.5, 0.6) is 0 Å². The number of rotatable bonds is 5. The summed E-state index contributed by atoms with van der Waals surface area (Å²) >= 11 is 1.89. The maximum atomic E-state index is 9.30. The number of hydrogen-bond acceptors (Lipinski definition) is 3. The summed E-state index contributed by atoms with van der Waals surface area (Å²) in [4.78, 5) is 2.45. The van der Waals surface area contributed by atoms with Crippen LogP contribution >= 0.6 is 11.8 Å². The first-order valence-electron chi connectivity index (χ1n) is 6.74. The van der Waals surface area contributed by atoms with Gasteiger partial charge < -0.3 is 0 Å². The zero-order valence-corrected chi connectivity index (χ0v) is 12.5. The van der Waals surface area contributed by atoms with Gasteiger partial charge in [0.25, 0.3) is 0 Å². The van der Waals surface area contributed by atoms with Crippen molar-refractivity contribution < 1.29 is 0 Å². The first kappa shape index (κ1) is 14.9. The molecule has 1 aliphatic carbocycles. The van der Waals surface area contributed by atoms with E-state index in [-0.39, 0.29) is 5.92 Å². The van der Waals surface area contributed by atoms with E-state index < -0.39 is 0 Å². The second kappa shape index (κ2) is 7.28. The minimum absolute atomic E-state index is 0.243. The largest absolute Gasteiger partial charge is 0.299 e. The van der Waals surface area contributed by atoms with Crippen LogP contribution < -0.4 is 0 Å². The van der Waals surface area contributed by atoms with E-state index in [2.05, 4.69) is 38.1 Å². The lowest BCUT2D eigenvalue weighted by Gasteiger charge is -2.41. The van der Waals surface area contributed by atoms with E-state index in [4.69, 9.17) is 0 Å². The van der Waals surface area contributed by atoms with Crippen molar-refractivity contribution >= 4 is 11.8 Å². The monoisotopic (exact) mass is 254 g/mol. The summed E-state index contributed by atoms with van der Waals surface area (Å²) in [5, 5.41) is 9.30. The minimum atomic E-state index is 0.243. The van der Waals surface area contributed by atoms with Gasteiger partial charge >= 0.3 is 0 Å². The highest BCUT2D eigenvalue weighted by Gasteiger charge is 2.33. The van der Waals surface area contributed by atoms with Crippen LogP contribution in [0.3, 0.4) is 0 Å². The van der Waals surface area contributed by atoms with Gasteiger partial charge in [-0.15, -0.1) is 0 Å². The lowest BCUT2D eigenvalue weighted by atomic mass is 9.77. The van der Waals surface area contributed by atoms with Gasteiger partial charge in [-0.2, -0.15) is 17.0 Å². The van der Waals surface area contributed by atoms with Crippen molar-refractivity contribution in [3.63, 3.8) is 0 Å². The summed E-state index contributed by atoms with van der Waals surface area (Å²) in [6, 6.07) is 3.57. The molecule has 98 valence electrons. The van der Waals surface area contributed by atoms with Crippen molar-refractivity contribution in [3.8, 4) is 6.07 Å². The Kier molecular flexibility index (Phi) is 6.37. The summed E-state index contributed by atoms with van der Waals surface area (Å²) in [6.07, 6.45) is 6.97. The Labute approximate surface area is 111 Å². The molecule has 17 heavy (non-hydrogen) atoms. The van der Waals surface area contributed by atoms with Crippen LogP contribution in [-0.4, -0.2) is 36.0 Å². The Hall–Kier alpha value is -0.200. The second-order valence-electron chi connectivity index (χ2n) is 5.36. The van der Waals surface area contributed by atoms with Crippen LogP contribution in [0, 0.1) is 23.2 Å². The third-order valence-electron chi connectivity index (χ3n) is 4.29. The van der Waals surface area contributed by atoms with Gasteiger partial charge in [0.05, 0.1) is 12.0 Å². The topological polar surface area (TPSA) is 27.0 Å². The third kappa shape index (κ3) is 3.89. The van der Waals surface area contributed by atoms with Gasteiger partial charge in [0, 0.05) is 17.8 Å². The molecule has 0 aromatic heterocycles. The molecule has 0 N–H and O–H groups in total. The van der Waals surface area contributed by atoms with E-state index in [0.29, 0.717) is 12.1 Å². The molecule has 0 heterocycles. The minimum Gasteiger partial charge on any atom is -0.299 e. The first-order valence-corrected chi connectivity index (χ1v) is 8.13. The maximum Gasteiger partial charge on any atom is 0.0672 e. The van der Waals surface area contributed by atoms with Crippen molar-refractivity contribution in [1.82, 2.24) is 4.90 Å². The Bertz CT molecular complexity index is 261. The van der Waals surface area contributed by atoms with Gasteiger partial charge in [-0.1, -0.05) is 13.3 Å². The van der Waals surface area contributed by atoms with E-state index in [1.165, 1.54) is 19.3 Å². The van der Waals surface area contributed by atoms with Crippen molar-refractivity contribution in [3.05, 3.63) is 0 Å². The van der Waals surface area contributed by atoms with Gasteiger partial charge in [0.1, 0.15) is 0 Å². The van der Waals surface area contributed by atoms with Gasteiger partial charge in [0.2, 0.25) is 0 Å². The summed E-state index contributed by atoms with van der Waals surface area (Å²) in [6.45, 7) is 4.56. The molecule has 0 aliphatic heterocycles. The first-order chi connectivity index (χ1) is 8.13. The van der Waals surface area contributed by atoms with Crippen molar-refractivity contribution in [2.75, 3.05) is 19.1 Å². The highest BCUT2D eigenvalue weighted by atomic mass is 32.2. The predicted molar refractivity (Wildman–Crippen MR) is 76.1 cm³/mol. The van der Waals surface area contributed by atoms with Crippen LogP contribution in [-0.2, 0) is 0 Å². The van der Waals surface area contributed by atoms with Crippen molar-refractivity contribution in [1.29, 1.82) is 5.26 Å². The fourth-order valence-electron chi connectivity index (χ4n) is 2.89. The van der Waals surface area contributed by atoms with Crippen LogP contribution in [0.15, 0.2) is 0 Å². The molecular formula is C14H26N2S. The SMILES string of the molecule is CCC1CCC(C#N)C(N(C)C(C)CSC)C1. The number of thioether (sulfide) groups is 1. The molecule has 4 atom stereocenters. The molecule has 0 saturated heterocycles. The molecule has 3 heteroatoms. The molecule has 0 radical (unpaired) electrons. The molecule has 2 nitrogen and oxygen atoms in total. The summed E-state index contributed by atoms with van der Waals surface area (Å²) in [5.41, 5.74) is 0. The van der Waals surface area contributed by atoms with Crippen LogP contribution in [0.2, 0.25) is 0 Å². The molecule has 0 spiro atoms. The zero-order valence-electron chi connectivity index (χ0n) is 11.6. The molecule has 0 bridgehead atoms. The maximum absolute atomic E-state index is 9.30. The molecule has 0 aromatic rings. The number of hydrogen-bond donors (Lipinski definition) is 0. The van der Waals surface area contributed by atoms with E-state index >= 15 is 0 Å². The molecule has 1 fully saturated rings. The number of nitrogens with zero attached hydrogens (tertiary/aromatic N) is 2. The number of nitriles is 1. The Morgan fingerprint density at radius 3 is 2.71 bits per heavy atom. The fourth-order valence-corrected chi connectivity index (χ4v) is 3.61. The Balaban J connectivity index is 2.65. The fraction of sp³-hybridized carbons (Fsp3) is 0.929. The Morgan fingerprint density at radius 1 is 1.47 bits per heavy atom. The van der Waals surface area contributed by atoms with Crippen LogP contribution in [0.25, 0.3) is 0 Å². The molecule has 1 saturated carbocycles. The molecule has 0 aromatic carbocycles. The summed E-state index contributed by atoms with van der Waals surface area (Å²) < 4.78 is 0. The molecule has 1 aliphatic rings. The quantitative estimate of drug-likeness (QED) is 0.752. The standard InChI is InChI=1S/C14H26N2S/c1-5-12-6-7-13(9-15)14(8-12)16(3)11(2)10-17-4/h11-14H,5-8,10H2,1-4H3.